The van der Waals surface area contributed by atoms with Crippen molar-refractivity contribution in [2.24, 2.45) is 0 Å². The van der Waals surface area contributed by atoms with Gasteiger partial charge in [-0.15, -0.1) is 0 Å². The molecule has 0 bridgehead atoms. The number of benzene rings is 2. The molecule has 1 saturated heterocycles. The molecule has 0 atom stereocenters. The zero-order chi connectivity index (χ0) is 24.3. The molecular formula is C28H38FN3O2. The van der Waals surface area contributed by atoms with Crippen molar-refractivity contribution >= 4 is 11.8 Å². The first-order valence-corrected chi connectivity index (χ1v) is 12.6. The third kappa shape index (κ3) is 7.66. The SMILES string of the molecule is CCCCCC(=O)N(CCN1CCN(C(=O)c2ccc(CC)cc2)CC1)Cc1ccc(F)cc1. The molecule has 1 aliphatic heterocycles. The van der Waals surface area contributed by atoms with Crippen molar-refractivity contribution in [1.29, 1.82) is 0 Å². The summed E-state index contributed by atoms with van der Waals surface area (Å²) in [5.41, 5.74) is 2.92. The topological polar surface area (TPSA) is 43.9 Å². The predicted octanol–water partition coefficient (Wildman–Crippen LogP) is 4.76. The minimum absolute atomic E-state index is 0.0892. The maximum absolute atomic E-state index is 13.3. The van der Waals surface area contributed by atoms with E-state index in [1.54, 1.807) is 12.1 Å². The van der Waals surface area contributed by atoms with Crippen LogP contribution in [0.25, 0.3) is 0 Å². The Morgan fingerprint density at radius 3 is 2.15 bits per heavy atom. The third-order valence-corrected chi connectivity index (χ3v) is 6.59. The van der Waals surface area contributed by atoms with E-state index in [0.29, 0.717) is 32.6 Å². The lowest BCUT2D eigenvalue weighted by Gasteiger charge is -2.36. The first kappa shape index (κ1) is 25.9. The molecule has 0 aliphatic carbocycles. The number of carbonyl (C=O) groups is 2. The van der Waals surface area contributed by atoms with Crippen molar-refractivity contribution in [3.05, 3.63) is 71.0 Å². The predicted molar refractivity (Wildman–Crippen MR) is 134 cm³/mol. The summed E-state index contributed by atoms with van der Waals surface area (Å²) in [7, 11) is 0. The van der Waals surface area contributed by atoms with Crippen molar-refractivity contribution in [2.75, 3.05) is 39.3 Å². The maximum atomic E-state index is 13.3. The molecule has 1 fully saturated rings. The molecule has 2 amide bonds. The number of nitrogens with zero attached hydrogens (tertiary/aromatic N) is 3. The Morgan fingerprint density at radius 2 is 1.53 bits per heavy atom. The fourth-order valence-electron chi connectivity index (χ4n) is 4.29. The molecule has 0 spiro atoms. The average Bonchev–Trinajstić information content (AvgIpc) is 2.87. The highest BCUT2D eigenvalue weighted by Gasteiger charge is 2.23. The summed E-state index contributed by atoms with van der Waals surface area (Å²) in [5.74, 6) is -0.0215. The van der Waals surface area contributed by atoms with E-state index < -0.39 is 0 Å². The van der Waals surface area contributed by atoms with Gasteiger partial charge in [0.15, 0.2) is 0 Å². The number of hydrogen-bond acceptors (Lipinski definition) is 3. The van der Waals surface area contributed by atoms with Crippen LogP contribution in [0.15, 0.2) is 48.5 Å². The number of carbonyl (C=O) groups excluding carboxylic acids is 2. The number of aryl methyl sites for hydroxylation is 1. The second kappa shape index (κ2) is 13.2. The lowest BCUT2D eigenvalue weighted by molar-refractivity contribution is -0.132. The van der Waals surface area contributed by atoms with Gasteiger partial charge < -0.3 is 9.80 Å². The van der Waals surface area contributed by atoms with Crippen LogP contribution in [0.2, 0.25) is 0 Å². The van der Waals surface area contributed by atoms with Crippen LogP contribution in [0.5, 0.6) is 0 Å². The van der Waals surface area contributed by atoms with Crippen LogP contribution in [-0.2, 0) is 17.8 Å². The molecule has 0 aromatic heterocycles. The van der Waals surface area contributed by atoms with E-state index in [9.17, 15) is 14.0 Å². The average molecular weight is 468 g/mol. The molecule has 1 heterocycles. The molecule has 2 aromatic carbocycles. The highest BCUT2D eigenvalue weighted by molar-refractivity contribution is 5.94. The molecule has 34 heavy (non-hydrogen) atoms. The molecule has 2 aromatic rings. The number of hydrogen-bond donors (Lipinski definition) is 0. The Morgan fingerprint density at radius 1 is 0.882 bits per heavy atom. The highest BCUT2D eigenvalue weighted by atomic mass is 19.1. The lowest BCUT2D eigenvalue weighted by atomic mass is 10.1. The van der Waals surface area contributed by atoms with E-state index in [1.165, 1.54) is 17.7 Å². The minimum Gasteiger partial charge on any atom is -0.337 e. The van der Waals surface area contributed by atoms with E-state index in [4.69, 9.17) is 0 Å². The second-order valence-electron chi connectivity index (χ2n) is 9.08. The minimum atomic E-state index is -0.265. The summed E-state index contributed by atoms with van der Waals surface area (Å²) in [5, 5.41) is 0. The van der Waals surface area contributed by atoms with Crippen LogP contribution in [0.4, 0.5) is 4.39 Å². The lowest BCUT2D eigenvalue weighted by Crippen LogP contribution is -2.50. The van der Waals surface area contributed by atoms with Crippen molar-refractivity contribution < 1.29 is 14.0 Å². The number of rotatable bonds is 11. The first-order valence-electron chi connectivity index (χ1n) is 12.6. The van der Waals surface area contributed by atoms with Gasteiger partial charge in [-0.1, -0.05) is 51.0 Å². The molecule has 184 valence electrons. The molecule has 0 N–H and O–H groups in total. The van der Waals surface area contributed by atoms with Crippen molar-refractivity contribution in [1.82, 2.24) is 14.7 Å². The van der Waals surface area contributed by atoms with Crippen LogP contribution in [0.1, 0.15) is 61.0 Å². The van der Waals surface area contributed by atoms with E-state index >= 15 is 0 Å². The van der Waals surface area contributed by atoms with Crippen LogP contribution < -0.4 is 0 Å². The van der Waals surface area contributed by atoms with Gasteiger partial charge in [-0.05, 0) is 48.2 Å². The Hall–Kier alpha value is -2.73. The van der Waals surface area contributed by atoms with Gasteiger partial charge in [0, 0.05) is 57.8 Å². The van der Waals surface area contributed by atoms with Gasteiger partial charge in [0.05, 0.1) is 0 Å². The van der Waals surface area contributed by atoms with Crippen LogP contribution in [0, 0.1) is 5.82 Å². The molecule has 3 rings (SSSR count). The molecule has 0 radical (unpaired) electrons. The number of amides is 2. The van der Waals surface area contributed by atoms with Crippen LogP contribution >= 0.6 is 0 Å². The summed E-state index contributed by atoms with van der Waals surface area (Å²) in [6.07, 6.45) is 4.54. The molecule has 0 unspecified atom stereocenters. The molecule has 5 nitrogen and oxygen atoms in total. The van der Waals surface area contributed by atoms with Gasteiger partial charge in [-0.2, -0.15) is 0 Å². The van der Waals surface area contributed by atoms with E-state index in [0.717, 1.165) is 56.4 Å². The number of piperazine rings is 1. The largest absolute Gasteiger partial charge is 0.337 e. The van der Waals surface area contributed by atoms with Gasteiger partial charge in [-0.25, -0.2) is 4.39 Å². The fourth-order valence-corrected chi connectivity index (χ4v) is 4.29. The Bertz CT molecular complexity index is 906. The van der Waals surface area contributed by atoms with Gasteiger partial charge in [-0.3, -0.25) is 14.5 Å². The number of unbranched alkanes of at least 4 members (excludes halogenated alkanes) is 2. The van der Waals surface area contributed by atoms with Crippen molar-refractivity contribution in [2.45, 2.75) is 52.5 Å². The molecular weight excluding hydrogens is 429 g/mol. The monoisotopic (exact) mass is 467 g/mol. The van der Waals surface area contributed by atoms with Crippen molar-refractivity contribution in [3.8, 4) is 0 Å². The second-order valence-corrected chi connectivity index (χ2v) is 9.08. The summed E-state index contributed by atoms with van der Waals surface area (Å²) in [6.45, 7) is 9.12. The Balaban J connectivity index is 1.51. The Kier molecular flexibility index (Phi) is 10.1. The van der Waals surface area contributed by atoms with Crippen LogP contribution in [0.3, 0.4) is 0 Å². The van der Waals surface area contributed by atoms with Gasteiger partial charge >= 0.3 is 0 Å². The standard InChI is InChI=1S/C28H38FN3O2/c1-3-5-6-7-27(33)32(22-24-10-14-26(29)15-11-24)21-18-30-16-19-31(20-17-30)28(34)25-12-8-23(4-2)9-13-25/h8-15H,3-7,16-22H2,1-2H3. The zero-order valence-corrected chi connectivity index (χ0v) is 20.6. The third-order valence-electron chi connectivity index (χ3n) is 6.59. The quantitative estimate of drug-likeness (QED) is 0.448. The molecule has 1 aliphatic rings. The van der Waals surface area contributed by atoms with Crippen molar-refractivity contribution in [3.63, 3.8) is 0 Å². The summed E-state index contributed by atoms with van der Waals surface area (Å²) in [6, 6.07) is 14.3. The van der Waals surface area contributed by atoms with E-state index in [1.807, 2.05) is 34.1 Å². The highest BCUT2D eigenvalue weighted by Crippen LogP contribution is 2.13. The van der Waals surface area contributed by atoms with Gasteiger partial charge in [0.1, 0.15) is 5.82 Å². The summed E-state index contributed by atoms with van der Waals surface area (Å²) >= 11 is 0. The summed E-state index contributed by atoms with van der Waals surface area (Å²) < 4.78 is 13.3. The Labute approximate surface area is 203 Å². The molecule has 6 heteroatoms. The van der Waals surface area contributed by atoms with Gasteiger partial charge in [0.25, 0.3) is 5.91 Å². The first-order chi connectivity index (χ1) is 16.5. The fraction of sp³-hybridized carbons (Fsp3) is 0.500. The summed E-state index contributed by atoms with van der Waals surface area (Å²) in [4.78, 5) is 31.9. The van der Waals surface area contributed by atoms with E-state index in [-0.39, 0.29) is 17.6 Å². The zero-order valence-electron chi connectivity index (χ0n) is 20.6. The van der Waals surface area contributed by atoms with Gasteiger partial charge in [0.2, 0.25) is 5.91 Å². The molecule has 0 saturated carbocycles. The maximum Gasteiger partial charge on any atom is 0.253 e. The van der Waals surface area contributed by atoms with E-state index in [2.05, 4.69) is 18.7 Å². The number of halogens is 1. The smallest absolute Gasteiger partial charge is 0.253 e. The van der Waals surface area contributed by atoms with Crippen LogP contribution in [-0.4, -0.2) is 65.8 Å². The normalized spacial score (nSPS) is 14.3.